The van der Waals surface area contributed by atoms with E-state index in [4.69, 9.17) is 5.11 Å². The molecule has 82 valence electrons. The van der Waals surface area contributed by atoms with Gasteiger partial charge in [-0.15, -0.1) is 0 Å². The highest BCUT2D eigenvalue weighted by Gasteiger charge is 2.09. The summed E-state index contributed by atoms with van der Waals surface area (Å²) in [6, 6.07) is 1.44. The molecule has 0 aliphatic carbocycles. The van der Waals surface area contributed by atoms with Gasteiger partial charge in [0, 0.05) is 12.6 Å². The van der Waals surface area contributed by atoms with Gasteiger partial charge < -0.3 is 10.4 Å². The first kappa shape index (κ1) is 11.4. The molecule has 0 spiro atoms. The normalized spacial score (nSPS) is 12.2. The lowest BCUT2D eigenvalue weighted by molar-refractivity contribution is -0.385. The molecule has 6 heteroatoms. The number of aliphatic hydroxyl groups excluding tert-OH is 1. The maximum atomic E-state index is 10.4. The Morgan fingerprint density at radius 1 is 1.73 bits per heavy atom. The molecule has 0 bridgehead atoms. The summed E-state index contributed by atoms with van der Waals surface area (Å²) in [5.41, 5.74) is 0.653. The Kier molecular flexibility index (Phi) is 3.56. The topological polar surface area (TPSA) is 88.3 Å². The van der Waals surface area contributed by atoms with Crippen LogP contribution < -0.4 is 5.32 Å². The molecule has 1 aromatic heterocycles. The van der Waals surface area contributed by atoms with Crippen molar-refractivity contribution in [3.63, 3.8) is 0 Å². The van der Waals surface area contributed by atoms with Crippen LogP contribution in [-0.2, 0) is 0 Å². The van der Waals surface area contributed by atoms with E-state index in [1.165, 1.54) is 12.3 Å². The van der Waals surface area contributed by atoms with Gasteiger partial charge in [-0.2, -0.15) is 0 Å². The van der Waals surface area contributed by atoms with Crippen molar-refractivity contribution in [1.82, 2.24) is 4.98 Å². The molecule has 0 saturated carbocycles. The Morgan fingerprint density at radius 2 is 2.40 bits per heavy atom. The van der Waals surface area contributed by atoms with Gasteiger partial charge in [-0.25, -0.2) is 4.98 Å². The summed E-state index contributed by atoms with van der Waals surface area (Å²) in [6.07, 6.45) is 0.707. The molecule has 0 fully saturated rings. The minimum absolute atomic E-state index is 0.0323. The van der Waals surface area contributed by atoms with Crippen LogP contribution in [0.4, 0.5) is 11.5 Å². The van der Waals surface area contributed by atoms with Crippen LogP contribution >= 0.6 is 0 Å². The third-order valence-corrected chi connectivity index (χ3v) is 1.84. The molecule has 1 rings (SSSR count). The van der Waals surface area contributed by atoms with Crippen molar-refractivity contribution in [2.75, 3.05) is 11.9 Å². The molecule has 6 nitrogen and oxygen atoms in total. The Morgan fingerprint density at radius 3 is 2.87 bits per heavy atom. The standard InChI is InChI=1S/C9H13N3O3/c1-6-3-8(12(14)15)5-11-9(6)10-4-7(2)13/h3,5,7,13H,4H2,1-2H3,(H,10,11). The second-order valence-corrected chi connectivity index (χ2v) is 3.35. The number of anilines is 1. The summed E-state index contributed by atoms with van der Waals surface area (Å²) in [5, 5.41) is 22.4. The number of nitrogens with one attached hydrogen (secondary N) is 1. The summed E-state index contributed by atoms with van der Waals surface area (Å²) in [6.45, 7) is 3.74. The van der Waals surface area contributed by atoms with Crippen LogP contribution in [0.2, 0.25) is 0 Å². The van der Waals surface area contributed by atoms with E-state index in [2.05, 4.69) is 10.3 Å². The van der Waals surface area contributed by atoms with Crippen LogP contribution in [0.3, 0.4) is 0 Å². The van der Waals surface area contributed by atoms with Crippen molar-refractivity contribution in [2.45, 2.75) is 20.0 Å². The van der Waals surface area contributed by atoms with E-state index in [0.717, 1.165) is 0 Å². The minimum Gasteiger partial charge on any atom is -0.392 e. The highest BCUT2D eigenvalue weighted by Crippen LogP contribution is 2.17. The molecule has 0 aliphatic rings. The smallest absolute Gasteiger partial charge is 0.287 e. The van der Waals surface area contributed by atoms with Crippen LogP contribution in [0.25, 0.3) is 0 Å². The van der Waals surface area contributed by atoms with E-state index < -0.39 is 11.0 Å². The quantitative estimate of drug-likeness (QED) is 0.575. The first-order chi connectivity index (χ1) is 7.00. The molecule has 1 aromatic rings. The summed E-state index contributed by atoms with van der Waals surface area (Å²) >= 11 is 0. The van der Waals surface area contributed by atoms with E-state index in [-0.39, 0.29) is 5.69 Å². The third-order valence-electron chi connectivity index (χ3n) is 1.84. The SMILES string of the molecule is Cc1cc([N+](=O)[O-])cnc1NCC(C)O. The highest BCUT2D eigenvalue weighted by molar-refractivity contribution is 5.48. The average Bonchev–Trinajstić information content (AvgIpc) is 2.15. The molecule has 0 amide bonds. The predicted octanol–water partition coefficient (Wildman–Crippen LogP) is 1.09. The molecule has 2 N–H and O–H groups in total. The van der Waals surface area contributed by atoms with Crippen LogP contribution in [-0.4, -0.2) is 27.7 Å². The van der Waals surface area contributed by atoms with Crippen molar-refractivity contribution in [2.24, 2.45) is 0 Å². The predicted molar refractivity (Wildman–Crippen MR) is 55.8 cm³/mol. The molecule has 15 heavy (non-hydrogen) atoms. The zero-order valence-electron chi connectivity index (χ0n) is 8.60. The second kappa shape index (κ2) is 4.70. The van der Waals surface area contributed by atoms with Crippen molar-refractivity contribution >= 4 is 11.5 Å². The monoisotopic (exact) mass is 211 g/mol. The van der Waals surface area contributed by atoms with E-state index in [1.54, 1.807) is 13.8 Å². The van der Waals surface area contributed by atoms with Gasteiger partial charge in [0.15, 0.2) is 0 Å². The van der Waals surface area contributed by atoms with Crippen LogP contribution in [0, 0.1) is 17.0 Å². The number of aryl methyl sites for hydroxylation is 1. The fourth-order valence-corrected chi connectivity index (χ4v) is 1.09. The van der Waals surface area contributed by atoms with Crippen molar-refractivity contribution in [3.05, 3.63) is 27.9 Å². The lowest BCUT2D eigenvalue weighted by atomic mass is 10.2. The Labute approximate surface area is 87.1 Å². The van der Waals surface area contributed by atoms with E-state index in [9.17, 15) is 10.1 Å². The summed E-state index contributed by atoms with van der Waals surface area (Å²) < 4.78 is 0. The summed E-state index contributed by atoms with van der Waals surface area (Å²) in [4.78, 5) is 13.9. The number of nitrogens with zero attached hydrogens (tertiary/aromatic N) is 2. The maximum Gasteiger partial charge on any atom is 0.287 e. The number of aliphatic hydroxyl groups is 1. The van der Waals surface area contributed by atoms with Gasteiger partial charge in [-0.05, 0) is 19.4 Å². The Bertz CT molecular complexity index is 366. The van der Waals surface area contributed by atoms with Gasteiger partial charge in [0.25, 0.3) is 5.69 Å². The van der Waals surface area contributed by atoms with E-state index >= 15 is 0 Å². The molecule has 1 unspecified atom stereocenters. The fraction of sp³-hybridized carbons (Fsp3) is 0.444. The Hall–Kier alpha value is -1.69. The maximum absolute atomic E-state index is 10.4. The first-order valence-corrected chi connectivity index (χ1v) is 4.53. The van der Waals surface area contributed by atoms with Gasteiger partial charge in [0.05, 0.1) is 11.0 Å². The number of rotatable bonds is 4. The zero-order chi connectivity index (χ0) is 11.4. The highest BCUT2D eigenvalue weighted by atomic mass is 16.6. The van der Waals surface area contributed by atoms with Crippen LogP contribution in [0.1, 0.15) is 12.5 Å². The molecule has 0 aliphatic heterocycles. The summed E-state index contributed by atoms with van der Waals surface area (Å²) in [7, 11) is 0. The molecule has 1 atom stereocenters. The first-order valence-electron chi connectivity index (χ1n) is 4.53. The molecule has 0 saturated heterocycles. The molecule has 0 radical (unpaired) electrons. The second-order valence-electron chi connectivity index (χ2n) is 3.35. The van der Waals surface area contributed by atoms with Crippen LogP contribution in [0.5, 0.6) is 0 Å². The Balaban J connectivity index is 2.79. The number of aromatic nitrogens is 1. The lowest BCUT2D eigenvalue weighted by Gasteiger charge is -2.09. The number of nitro groups is 1. The lowest BCUT2D eigenvalue weighted by Crippen LogP contribution is -2.16. The van der Waals surface area contributed by atoms with E-state index in [1.807, 2.05) is 0 Å². The fourth-order valence-electron chi connectivity index (χ4n) is 1.09. The minimum atomic E-state index is -0.488. The largest absolute Gasteiger partial charge is 0.392 e. The number of hydrogen-bond acceptors (Lipinski definition) is 5. The zero-order valence-corrected chi connectivity index (χ0v) is 8.60. The van der Waals surface area contributed by atoms with Crippen molar-refractivity contribution in [3.8, 4) is 0 Å². The average molecular weight is 211 g/mol. The van der Waals surface area contributed by atoms with Gasteiger partial charge in [-0.1, -0.05) is 0 Å². The molecular formula is C9H13N3O3. The molecule has 0 aromatic carbocycles. The summed E-state index contributed by atoms with van der Waals surface area (Å²) in [5.74, 6) is 0.557. The van der Waals surface area contributed by atoms with Gasteiger partial charge in [0.1, 0.15) is 12.0 Å². The van der Waals surface area contributed by atoms with Gasteiger partial charge in [-0.3, -0.25) is 10.1 Å². The molecule has 1 heterocycles. The molecular weight excluding hydrogens is 198 g/mol. The van der Waals surface area contributed by atoms with Gasteiger partial charge in [0.2, 0.25) is 0 Å². The third kappa shape index (κ3) is 3.17. The number of hydrogen-bond donors (Lipinski definition) is 2. The van der Waals surface area contributed by atoms with Crippen molar-refractivity contribution in [1.29, 1.82) is 0 Å². The van der Waals surface area contributed by atoms with E-state index in [0.29, 0.717) is 17.9 Å². The van der Waals surface area contributed by atoms with Crippen molar-refractivity contribution < 1.29 is 10.0 Å². The van der Waals surface area contributed by atoms with Gasteiger partial charge >= 0.3 is 0 Å². The number of pyridine rings is 1. The van der Waals surface area contributed by atoms with Crippen LogP contribution in [0.15, 0.2) is 12.3 Å².